The van der Waals surface area contributed by atoms with E-state index < -0.39 is 11.9 Å². The average Bonchev–Trinajstić information content (AvgIpc) is 2.65. The first-order valence-electron chi connectivity index (χ1n) is 7.61. The van der Waals surface area contributed by atoms with Crippen LogP contribution in [-0.2, 0) is 4.79 Å². The topological polar surface area (TPSA) is 78.4 Å². The molecule has 112 valence electrons. The van der Waals surface area contributed by atoms with E-state index >= 15 is 0 Å². The third-order valence-corrected chi connectivity index (χ3v) is 4.25. The van der Waals surface area contributed by atoms with Crippen LogP contribution in [-0.4, -0.2) is 29.2 Å². The van der Waals surface area contributed by atoms with Gasteiger partial charge in [0.2, 0.25) is 0 Å². The molecule has 0 saturated heterocycles. The Morgan fingerprint density at radius 1 is 1.00 bits per heavy atom. The maximum Gasteiger partial charge on any atom is 0.315 e. The second-order valence-electron chi connectivity index (χ2n) is 5.79. The van der Waals surface area contributed by atoms with Gasteiger partial charge in [0.05, 0.1) is 5.92 Å². The molecule has 0 radical (unpaired) electrons. The van der Waals surface area contributed by atoms with Crippen molar-refractivity contribution in [2.24, 2.45) is 5.92 Å². The maximum absolute atomic E-state index is 12.0. The summed E-state index contributed by atoms with van der Waals surface area (Å²) in [6, 6.07) is -0.286. The fourth-order valence-electron chi connectivity index (χ4n) is 3.10. The highest BCUT2D eigenvalue weighted by atomic mass is 16.4. The fourth-order valence-corrected chi connectivity index (χ4v) is 3.10. The van der Waals surface area contributed by atoms with E-state index in [2.05, 4.69) is 22.8 Å². The third-order valence-electron chi connectivity index (χ3n) is 4.25. The summed E-state index contributed by atoms with van der Waals surface area (Å²) >= 11 is 0. The molecule has 3 N–H and O–H groups in total. The summed E-state index contributed by atoms with van der Waals surface area (Å²) in [6.45, 7) is 0. The van der Waals surface area contributed by atoms with Gasteiger partial charge in [0, 0.05) is 12.1 Å². The van der Waals surface area contributed by atoms with Crippen LogP contribution in [0.4, 0.5) is 4.79 Å². The molecule has 0 bridgehead atoms. The van der Waals surface area contributed by atoms with E-state index in [1.54, 1.807) is 0 Å². The van der Waals surface area contributed by atoms with E-state index in [0.29, 0.717) is 6.42 Å². The quantitative estimate of drug-likeness (QED) is 0.549. The molecular weight excluding hydrogens is 256 g/mol. The monoisotopic (exact) mass is 280 g/mol. The van der Waals surface area contributed by atoms with E-state index in [1.807, 2.05) is 0 Å². The molecule has 0 heterocycles. The van der Waals surface area contributed by atoms with Gasteiger partial charge in [0.25, 0.3) is 0 Å². The predicted octanol–water partition coefficient (Wildman–Crippen LogP) is 2.43. The molecule has 3 atom stereocenters. The van der Waals surface area contributed by atoms with Crippen LogP contribution in [0.2, 0.25) is 0 Å². The summed E-state index contributed by atoms with van der Waals surface area (Å²) in [7, 11) is 0. The number of allylic oxidation sites excluding steroid dienone is 1. The molecule has 2 aliphatic rings. The minimum atomic E-state index is -0.794. The van der Waals surface area contributed by atoms with Crippen molar-refractivity contribution < 1.29 is 14.7 Å². The molecule has 20 heavy (non-hydrogen) atoms. The van der Waals surface area contributed by atoms with Crippen LogP contribution in [0.15, 0.2) is 12.2 Å². The average molecular weight is 280 g/mol. The zero-order valence-electron chi connectivity index (χ0n) is 11.8. The molecule has 2 rings (SSSR count). The molecule has 1 saturated carbocycles. The number of carboxylic acids is 1. The van der Waals surface area contributed by atoms with Gasteiger partial charge < -0.3 is 15.7 Å². The smallest absolute Gasteiger partial charge is 0.315 e. The van der Waals surface area contributed by atoms with E-state index in [0.717, 1.165) is 44.9 Å². The van der Waals surface area contributed by atoms with Gasteiger partial charge in [-0.05, 0) is 32.1 Å². The zero-order valence-corrected chi connectivity index (χ0v) is 11.8. The van der Waals surface area contributed by atoms with E-state index in [-0.39, 0.29) is 18.1 Å². The van der Waals surface area contributed by atoms with Crippen LogP contribution < -0.4 is 10.6 Å². The van der Waals surface area contributed by atoms with E-state index in [1.165, 1.54) is 0 Å². The molecule has 5 heteroatoms. The first-order valence-corrected chi connectivity index (χ1v) is 7.61. The lowest BCUT2D eigenvalue weighted by Gasteiger charge is -2.25. The molecule has 1 fully saturated rings. The van der Waals surface area contributed by atoms with Gasteiger partial charge in [-0.3, -0.25) is 4.79 Å². The molecule has 5 nitrogen and oxygen atoms in total. The lowest BCUT2D eigenvalue weighted by Crippen LogP contribution is -2.49. The number of hydrogen-bond donors (Lipinski definition) is 3. The Balaban J connectivity index is 1.86. The van der Waals surface area contributed by atoms with Crippen molar-refractivity contribution in [1.82, 2.24) is 10.6 Å². The van der Waals surface area contributed by atoms with Gasteiger partial charge in [0.15, 0.2) is 0 Å². The van der Waals surface area contributed by atoms with E-state index in [9.17, 15) is 14.7 Å². The van der Waals surface area contributed by atoms with E-state index in [4.69, 9.17) is 0 Å². The number of carbonyl (C=O) groups excluding carboxylic acids is 1. The second kappa shape index (κ2) is 7.31. The van der Waals surface area contributed by atoms with Crippen LogP contribution in [0.3, 0.4) is 0 Å². The Hall–Kier alpha value is -1.52. The molecule has 2 amide bonds. The third kappa shape index (κ3) is 4.25. The van der Waals surface area contributed by atoms with Crippen molar-refractivity contribution in [2.45, 2.75) is 63.5 Å². The summed E-state index contributed by atoms with van der Waals surface area (Å²) < 4.78 is 0. The van der Waals surface area contributed by atoms with Crippen LogP contribution in [0.5, 0.6) is 0 Å². The predicted molar refractivity (Wildman–Crippen MR) is 76.4 cm³/mol. The number of aliphatic carboxylic acids is 1. The SMILES string of the molecule is O=C(NC1CC=CCC1)NC1CCCCCC1C(=O)O. The summed E-state index contributed by atoms with van der Waals surface area (Å²) in [5.74, 6) is -1.24. The molecule has 3 unspecified atom stereocenters. The highest BCUT2D eigenvalue weighted by Crippen LogP contribution is 2.23. The van der Waals surface area contributed by atoms with Crippen molar-refractivity contribution in [1.29, 1.82) is 0 Å². The number of amides is 2. The highest BCUT2D eigenvalue weighted by Gasteiger charge is 2.30. The van der Waals surface area contributed by atoms with Crippen molar-refractivity contribution in [3.63, 3.8) is 0 Å². The molecule has 0 aromatic heterocycles. The Morgan fingerprint density at radius 2 is 1.80 bits per heavy atom. The summed E-state index contributed by atoms with van der Waals surface area (Å²) in [5.41, 5.74) is 0. The number of carbonyl (C=O) groups is 2. The number of rotatable bonds is 3. The van der Waals surface area contributed by atoms with Crippen molar-refractivity contribution in [2.75, 3.05) is 0 Å². The molecule has 0 spiro atoms. The normalized spacial score (nSPS) is 30.3. The number of urea groups is 1. The van der Waals surface area contributed by atoms with Gasteiger partial charge in [-0.2, -0.15) is 0 Å². The van der Waals surface area contributed by atoms with Crippen molar-refractivity contribution in [3.05, 3.63) is 12.2 Å². The Kier molecular flexibility index (Phi) is 5.44. The van der Waals surface area contributed by atoms with Crippen molar-refractivity contribution in [3.8, 4) is 0 Å². The second-order valence-corrected chi connectivity index (χ2v) is 5.79. The lowest BCUT2D eigenvalue weighted by molar-refractivity contribution is -0.142. The number of carboxylic acid groups (broad SMARTS) is 1. The molecule has 0 aromatic rings. The standard InChI is InChI=1S/C15H24N2O3/c18-14(19)12-9-5-2-6-10-13(12)17-15(20)16-11-7-3-1-4-8-11/h1,3,11-13H,2,4-10H2,(H,18,19)(H2,16,17,20). The molecule has 0 aromatic carbocycles. The summed E-state index contributed by atoms with van der Waals surface area (Å²) in [4.78, 5) is 23.3. The maximum atomic E-state index is 12.0. The Labute approximate surface area is 119 Å². The van der Waals surface area contributed by atoms with Gasteiger partial charge in [-0.25, -0.2) is 4.79 Å². The fraction of sp³-hybridized carbons (Fsp3) is 0.733. The number of nitrogens with one attached hydrogen (secondary N) is 2. The van der Waals surface area contributed by atoms with Gasteiger partial charge in [-0.1, -0.05) is 31.4 Å². The first-order chi connectivity index (χ1) is 9.66. The summed E-state index contributed by atoms with van der Waals surface area (Å²) in [5, 5.41) is 15.1. The minimum Gasteiger partial charge on any atom is -0.481 e. The summed E-state index contributed by atoms with van der Waals surface area (Å²) in [6.07, 6.45) is 11.4. The Morgan fingerprint density at radius 3 is 2.50 bits per heavy atom. The zero-order chi connectivity index (χ0) is 14.4. The van der Waals surface area contributed by atoms with Crippen LogP contribution >= 0.6 is 0 Å². The van der Waals surface area contributed by atoms with Gasteiger partial charge >= 0.3 is 12.0 Å². The largest absolute Gasteiger partial charge is 0.481 e. The van der Waals surface area contributed by atoms with Crippen LogP contribution in [0.1, 0.15) is 51.4 Å². The number of hydrogen-bond acceptors (Lipinski definition) is 2. The minimum absolute atomic E-state index is 0.175. The highest BCUT2D eigenvalue weighted by molar-refractivity contribution is 5.77. The van der Waals surface area contributed by atoms with Gasteiger partial charge in [-0.15, -0.1) is 0 Å². The van der Waals surface area contributed by atoms with Gasteiger partial charge in [0.1, 0.15) is 0 Å². The first kappa shape index (κ1) is 14.9. The van der Waals surface area contributed by atoms with Crippen LogP contribution in [0.25, 0.3) is 0 Å². The lowest BCUT2D eigenvalue weighted by atomic mass is 9.95. The molecule has 0 aliphatic heterocycles. The Bertz CT molecular complexity index is 381. The molecule has 2 aliphatic carbocycles. The molecular formula is C15H24N2O3. The van der Waals surface area contributed by atoms with Crippen molar-refractivity contribution >= 4 is 12.0 Å². The van der Waals surface area contributed by atoms with Crippen LogP contribution in [0, 0.1) is 5.92 Å².